The number of rotatable bonds is 3. The summed E-state index contributed by atoms with van der Waals surface area (Å²) in [4.78, 5) is 0. The van der Waals surface area contributed by atoms with E-state index in [4.69, 9.17) is 36.3 Å². The molecule has 5 rings (SSSR count). The van der Waals surface area contributed by atoms with E-state index in [0.717, 1.165) is 33.9 Å². The quantitative estimate of drug-likeness (QED) is 0.172. The van der Waals surface area contributed by atoms with Crippen LogP contribution in [0.5, 0.6) is 0 Å². The van der Waals surface area contributed by atoms with Gasteiger partial charge in [-0.15, -0.1) is 6.42 Å². The second-order valence-electron chi connectivity index (χ2n) is 9.97. The van der Waals surface area contributed by atoms with Crippen LogP contribution in [0.15, 0.2) is 36.4 Å². The zero-order chi connectivity index (χ0) is 29.8. The van der Waals surface area contributed by atoms with Crippen molar-refractivity contribution in [1.82, 2.24) is 4.57 Å². The summed E-state index contributed by atoms with van der Waals surface area (Å²) < 4.78 is 12.5. The molecule has 3 heterocycles. The first kappa shape index (κ1) is 30.9. The number of aryl methyl sites for hydroxylation is 1. The summed E-state index contributed by atoms with van der Waals surface area (Å²) in [6.45, 7) is 2.00. The molecule has 7 unspecified atom stereocenters. The lowest BCUT2D eigenvalue weighted by molar-refractivity contribution is -0.214. The van der Waals surface area contributed by atoms with Crippen LogP contribution in [0.4, 0.5) is 0 Å². The van der Waals surface area contributed by atoms with E-state index in [1.165, 1.54) is 0 Å². The van der Waals surface area contributed by atoms with Gasteiger partial charge in [-0.05, 0) is 43.3 Å². The van der Waals surface area contributed by atoms with Crippen molar-refractivity contribution in [1.29, 1.82) is 0 Å². The summed E-state index contributed by atoms with van der Waals surface area (Å²) in [6.07, 6.45) is -4.92. The van der Waals surface area contributed by atoms with E-state index in [1.54, 1.807) is 0 Å². The van der Waals surface area contributed by atoms with E-state index in [0.29, 0.717) is 5.56 Å². The number of hydrogen-bond donors (Lipinski definition) is 8. The minimum absolute atomic E-state index is 0.0521. The van der Waals surface area contributed by atoms with Gasteiger partial charge in [0.05, 0.1) is 19.8 Å². The van der Waals surface area contributed by atoms with E-state index in [1.807, 2.05) is 36.4 Å². The molecule has 0 spiro atoms. The molecule has 3 aromatic rings. The Morgan fingerprint density at radius 3 is 1.98 bits per heavy atom. The summed E-state index contributed by atoms with van der Waals surface area (Å²) in [5.41, 5.74) is 3.67. The maximum Gasteiger partial charge on any atom is 0.147 e. The van der Waals surface area contributed by atoms with Gasteiger partial charge >= 0.3 is 0 Å². The van der Waals surface area contributed by atoms with Crippen LogP contribution < -0.4 is 0 Å². The first-order chi connectivity index (χ1) is 19.6. The third-order valence-electron chi connectivity index (χ3n) is 7.38. The molecule has 2 fully saturated rings. The van der Waals surface area contributed by atoms with E-state index in [2.05, 4.69) is 29.3 Å². The second-order valence-corrected chi connectivity index (χ2v) is 9.97. The van der Waals surface area contributed by atoms with E-state index < -0.39 is 61.5 Å². The number of fused-ring (bicyclic) bond motifs is 3. The molecule has 2 aromatic carbocycles. The number of nitrogens with zero attached hydrogens (tertiary/aromatic N) is 1. The molecule has 0 aliphatic carbocycles. The highest BCUT2D eigenvalue weighted by molar-refractivity contribution is 6.08. The standard InChI is InChI=1S/C24H23NO5.C6H12O5/c1-3-14-5-8-18-16(11-14)17-12-15(6-9-19(17)25(18)4-2)7-10-20-22(27)24(29)23(28)21(13-26)30-20;7-1-4-6(10)5(9)3(8)2-11-4/h1,5-6,8-9,11-12,20-24,26-29H,4,13H2,2H3;3-10H,1-2H2/t20?,21?,22?,23-,24?;3?,4?,5?,6-/m11/s1. The predicted molar refractivity (Wildman–Crippen MR) is 149 cm³/mol. The lowest BCUT2D eigenvalue weighted by Gasteiger charge is -2.37. The molecular formula is C30H35NO10. The van der Waals surface area contributed by atoms with Gasteiger partial charge in [0.25, 0.3) is 0 Å². The molecule has 0 saturated carbocycles. The number of ether oxygens (including phenoxy) is 2. The maximum absolute atomic E-state index is 10.2. The number of aliphatic hydroxyl groups excluding tert-OH is 8. The molecule has 9 atom stereocenters. The Hall–Kier alpha value is -3.04. The van der Waals surface area contributed by atoms with Crippen LogP contribution in [0.25, 0.3) is 21.8 Å². The lowest BCUT2D eigenvalue weighted by atomic mass is 9.95. The van der Waals surface area contributed by atoms with Crippen LogP contribution in [0.1, 0.15) is 18.1 Å². The zero-order valence-electron chi connectivity index (χ0n) is 22.4. The third-order valence-corrected chi connectivity index (χ3v) is 7.38. The lowest BCUT2D eigenvalue weighted by Crippen LogP contribution is -2.58. The number of hydrogen-bond acceptors (Lipinski definition) is 10. The Balaban J connectivity index is 0.000000296. The molecule has 11 nitrogen and oxygen atoms in total. The minimum atomic E-state index is -1.44. The second kappa shape index (κ2) is 13.3. The molecule has 41 heavy (non-hydrogen) atoms. The number of aliphatic hydroxyl groups is 8. The van der Waals surface area contributed by atoms with E-state index in [-0.39, 0.29) is 13.2 Å². The fourth-order valence-corrected chi connectivity index (χ4v) is 5.02. The summed E-state index contributed by atoms with van der Waals surface area (Å²) in [7, 11) is 0. The summed E-state index contributed by atoms with van der Waals surface area (Å²) in [5, 5.41) is 77.1. The molecule has 2 saturated heterocycles. The van der Waals surface area contributed by atoms with E-state index >= 15 is 0 Å². The molecule has 220 valence electrons. The first-order valence-electron chi connectivity index (χ1n) is 13.3. The van der Waals surface area contributed by atoms with Crippen molar-refractivity contribution in [3.05, 3.63) is 47.5 Å². The van der Waals surface area contributed by atoms with Crippen molar-refractivity contribution in [3.8, 4) is 24.2 Å². The molecular weight excluding hydrogens is 534 g/mol. The monoisotopic (exact) mass is 569 g/mol. The number of aromatic nitrogens is 1. The largest absolute Gasteiger partial charge is 0.394 e. The Kier molecular flexibility index (Phi) is 10.0. The van der Waals surface area contributed by atoms with Crippen LogP contribution in [0, 0.1) is 24.2 Å². The molecule has 8 N–H and O–H groups in total. The zero-order valence-corrected chi connectivity index (χ0v) is 22.4. The van der Waals surface area contributed by atoms with Crippen molar-refractivity contribution in [2.45, 2.75) is 68.4 Å². The van der Waals surface area contributed by atoms with Crippen molar-refractivity contribution in [3.63, 3.8) is 0 Å². The molecule has 0 bridgehead atoms. The number of terminal acetylenes is 1. The van der Waals surface area contributed by atoms with Gasteiger partial charge in [0.1, 0.15) is 54.9 Å². The fourth-order valence-electron chi connectivity index (χ4n) is 5.02. The van der Waals surface area contributed by atoms with Gasteiger partial charge in [0.2, 0.25) is 0 Å². The van der Waals surface area contributed by atoms with Crippen LogP contribution in [0.2, 0.25) is 0 Å². The summed E-state index contributed by atoms with van der Waals surface area (Å²) in [5.74, 6) is 8.46. The highest BCUT2D eigenvalue weighted by Gasteiger charge is 2.42. The highest BCUT2D eigenvalue weighted by Crippen LogP contribution is 2.30. The van der Waals surface area contributed by atoms with Crippen molar-refractivity contribution >= 4 is 21.8 Å². The molecule has 0 radical (unpaired) electrons. The molecule has 0 amide bonds. The van der Waals surface area contributed by atoms with Gasteiger partial charge in [-0.25, -0.2) is 0 Å². The average molecular weight is 570 g/mol. The molecule has 2 aliphatic heterocycles. The van der Waals surface area contributed by atoms with Gasteiger partial charge < -0.3 is 54.9 Å². The normalized spacial score (nSPS) is 31.6. The fraction of sp³-hybridized carbons (Fsp3) is 0.467. The Labute approximate surface area is 236 Å². The molecule has 2 aliphatic rings. The van der Waals surface area contributed by atoms with Crippen molar-refractivity contribution in [2.75, 3.05) is 19.8 Å². The van der Waals surface area contributed by atoms with Gasteiger partial charge in [0.15, 0.2) is 0 Å². The smallest absolute Gasteiger partial charge is 0.147 e. The number of benzene rings is 2. The maximum atomic E-state index is 10.2. The van der Waals surface area contributed by atoms with Gasteiger partial charge in [-0.1, -0.05) is 17.8 Å². The van der Waals surface area contributed by atoms with Crippen LogP contribution in [-0.4, -0.2) is 120 Å². The SMILES string of the molecule is C#Cc1ccc2c(c1)c1cc(C#CC3OC(CO)[C@@H](O)C(O)C3O)ccc1n2CC.OCC1OCC(O)C(O)[C@@H]1O. The van der Waals surface area contributed by atoms with Crippen LogP contribution in [-0.2, 0) is 16.0 Å². The Bertz CT molecular complexity index is 1450. The Morgan fingerprint density at radius 2 is 1.39 bits per heavy atom. The van der Waals surface area contributed by atoms with Gasteiger partial charge in [0, 0.05) is 39.5 Å². The summed E-state index contributed by atoms with van der Waals surface area (Å²) in [6, 6.07) is 11.8. The van der Waals surface area contributed by atoms with Crippen LogP contribution >= 0.6 is 0 Å². The topological polar surface area (TPSA) is 185 Å². The van der Waals surface area contributed by atoms with Gasteiger partial charge in [-0.2, -0.15) is 0 Å². The Morgan fingerprint density at radius 1 is 0.805 bits per heavy atom. The summed E-state index contributed by atoms with van der Waals surface area (Å²) >= 11 is 0. The van der Waals surface area contributed by atoms with Crippen molar-refractivity contribution < 1.29 is 50.3 Å². The van der Waals surface area contributed by atoms with Crippen molar-refractivity contribution in [2.24, 2.45) is 0 Å². The minimum Gasteiger partial charge on any atom is -0.394 e. The van der Waals surface area contributed by atoms with Crippen LogP contribution in [0.3, 0.4) is 0 Å². The average Bonchev–Trinajstić information content (AvgIpc) is 3.31. The molecule has 1 aromatic heterocycles. The first-order valence-corrected chi connectivity index (χ1v) is 13.3. The van der Waals surface area contributed by atoms with Gasteiger partial charge in [-0.3, -0.25) is 0 Å². The highest BCUT2D eigenvalue weighted by atomic mass is 16.5. The molecule has 11 heteroatoms. The van der Waals surface area contributed by atoms with E-state index in [9.17, 15) is 20.4 Å². The third kappa shape index (κ3) is 6.26. The predicted octanol–water partition coefficient (Wildman–Crippen LogP) is -1.55.